The molecule has 112 valence electrons. The molecule has 5 heteroatoms. The van der Waals surface area contributed by atoms with Crippen molar-refractivity contribution in [3.63, 3.8) is 0 Å². The fourth-order valence-corrected chi connectivity index (χ4v) is 1.70. The lowest BCUT2D eigenvalue weighted by Gasteiger charge is -2.00. The number of methoxy groups -OCH3 is 1. The fraction of sp³-hybridized carbons (Fsp3) is 0.250. The second kappa shape index (κ2) is 9.99. The first kappa shape index (κ1) is 17.2. The van der Waals surface area contributed by atoms with Gasteiger partial charge in [0.15, 0.2) is 0 Å². The number of hydrogen-bond donors (Lipinski definition) is 3. The summed E-state index contributed by atoms with van der Waals surface area (Å²) in [5.74, 6) is 0.703. The van der Waals surface area contributed by atoms with Crippen molar-refractivity contribution in [2.24, 2.45) is 0 Å². The molecular weight excluding hydrogens is 267 g/mol. The fourth-order valence-electron chi connectivity index (χ4n) is 1.70. The third-order valence-electron chi connectivity index (χ3n) is 2.88. The number of aryl methyl sites for hydroxylation is 1. The second-order valence-corrected chi connectivity index (χ2v) is 4.46. The minimum absolute atomic E-state index is 0.287. The first-order valence-corrected chi connectivity index (χ1v) is 6.82. The highest BCUT2D eigenvalue weighted by Crippen LogP contribution is 2.05. The van der Waals surface area contributed by atoms with E-state index in [9.17, 15) is 0 Å². The van der Waals surface area contributed by atoms with Crippen LogP contribution in [-0.4, -0.2) is 36.0 Å². The molecule has 0 aromatic heterocycles. The van der Waals surface area contributed by atoms with Crippen LogP contribution in [0, 0.1) is 0 Å². The number of ether oxygens (including phenoxy) is 1. The molecule has 0 amide bonds. The minimum atomic E-state index is -1.40. The van der Waals surface area contributed by atoms with Crippen LogP contribution in [0.25, 0.3) is 0 Å². The van der Waals surface area contributed by atoms with Crippen molar-refractivity contribution in [1.29, 1.82) is 0 Å². The van der Waals surface area contributed by atoms with Crippen LogP contribution in [0.4, 0.5) is 0 Å². The number of aliphatic hydroxyl groups excluding tert-OH is 1. The summed E-state index contributed by atoms with van der Waals surface area (Å²) >= 11 is 0. The smallest absolute Gasteiger partial charge is 0.488 e. The topological polar surface area (TPSA) is 69.9 Å². The highest BCUT2D eigenvalue weighted by Gasteiger charge is 2.09. The van der Waals surface area contributed by atoms with Crippen LogP contribution in [0.3, 0.4) is 0 Å². The summed E-state index contributed by atoms with van der Waals surface area (Å²) in [7, 11) is 0.158. The van der Waals surface area contributed by atoms with Gasteiger partial charge < -0.3 is 19.9 Å². The molecule has 0 saturated carbocycles. The SMILES string of the molecule is COc1ccc(B(O)O)cc1.OCCCc1ccccc1. The van der Waals surface area contributed by atoms with Gasteiger partial charge in [0.25, 0.3) is 0 Å². The third kappa shape index (κ3) is 6.95. The minimum Gasteiger partial charge on any atom is -0.497 e. The Bertz CT molecular complexity index is 485. The van der Waals surface area contributed by atoms with Crippen LogP contribution < -0.4 is 10.2 Å². The molecule has 0 atom stereocenters. The van der Waals surface area contributed by atoms with Crippen molar-refractivity contribution in [2.75, 3.05) is 13.7 Å². The van der Waals surface area contributed by atoms with Crippen LogP contribution >= 0.6 is 0 Å². The third-order valence-corrected chi connectivity index (χ3v) is 2.88. The van der Waals surface area contributed by atoms with Crippen molar-refractivity contribution in [3.05, 3.63) is 60.2 Å². The van der Waals surface area contributed by atoms with Gasteiger partial charge in [0.2, 0.25) is 0 Å². The number of aliphatic hydroxyl groups is 1. The highest BCUT2D eigenvalue weighted by atomic mass is 16.5. The molecule has 4 nitrogen and oxygen atoms in total. The van der Waals surface area contributed by atoms with Crippen molar-refractivity contribution in [3.8, 4) is 5.75 Å². The van der Waals surface area contributed by atoms with Crippen molar-refractivity contribution >= 4 is 12.6 Å². The average Bonchev–Trinajstić information content (AvgIpc) is 2.54. The van der Waals surface area contributed by atoms with Gasteiger partial charge in [-0.25, -0.2) is 0 Å². The van der Waals surface area contributed by atoms with E-state index < -0.39 is 7.12 Å². The molecule has 0 aliphatic carbocycles. The van der Waals surface area contributed by atoms with Gasteiger partial charge >= 0.3 is 7.12 Å². The second-order valence-electron chi connectivity index (χ2n) is 4.46. The van der Waals surface area contributed by atoms with Gasteiger partial charge in [-0.3, -0.25) is 0 Å². The Morgan fingerprint density at radius 2 is 1.57 bits per heavy atom. The lowest BCUT2D eigenvalue weighted by atomic mass is 9.80. The Balaban J connectivity index is 0.000000211. The van der Waals surface area contributed by atoms with E-state index in [1.165, 1.54) is 5.56 Å². The largest absolute Gasteiger partial charge is 0.497 e. The summed E-state index contributed by atoms with van der Waals surface area (Å²) < 4.78 is 4.89. The molecular formula is C16H21BO4. The van der Waals surface area contributed by atoms with E-state index >= 15 is 0 Å². The maximum absolute atomic E-state index is 8.70. The Labute approximate surface area is 125 Å². The molecule has 0 aliphatic rings. The molecule has 2 aromatic rings. The number of benzene rings is 2. The van der Waals surface area contributed by atoms with Crippen molar-refractivity contribution in [1.82, 2.24) is 0 Å². The van der Waals surface area contributed by atoms with Gasteiger partial charge in [0, 0.05) is 6.61 Å². The van der Waals surface area contributed by atoms with Gasteiger partial charge in [-0.2, -0.15) is 0 Å². The van der Waals surface area contributed by atoms with Gasteiger partial charge in [-0.15, -0.1) is 0 Å². The maximum Gasteiger partial charge on any atom is 0.488 e. The zero-order valence-corrected chi connectivity index (χ0v) is 12.1. The zero-order valence-electron chi connectivity index (χ0n) is 12.1. The summed E-state index contributed by atoms with van der Waals surface area (Å²) in [6, 6.07) is 16.8. The predicted octanol–water partition coefficient (Wildman–Crippen LogP) is 0.986. The lowest BCUT2D eigenvalue weighted by Crippen LogP contribution is -2.29. The summed E-state index contributed by atoms with van der Waals surface area (Å²) in [6.45, 7) is 0.287. The van der Waals surface area contributed by atoms with E-state index in [0.717, 1.165) is 12.8 Å². The molecule has 0 aliphatic heterocycles. The van der Waals surface area contributed by atoms with E-state index in [0.29, 0.717) is 11.2 Å². The maximum atomic E-state index is 8.70. The zero-order chi connectivity index (χ0) is 15.5. The van der Waals surface area contributed by atoms with E-state index in [-0.39, 0.29) is 6.61 Å². The standard InChI is InChI=1S/C9H12O.C7H9BO3/c10-8-4-7-9-5-2-1-3-6-9;1-11-7-4-2-6(3-5-7)8(9)10/h1-3,5-6,10H,4,7-8H2;2-5,9-10H,1H3. The van der Waals surface area contributed by atoms with Crippen molar-refractivity contribution < 1.29 is 19.9 Å². The Morgan fingerprint density at radius 3 is 2.05 bits per heavy atom. The molecule has 0 fully saturated rings. The number of rotatable bonds is 5. The summed E-state index contributed by atoms with van der Waals surface area (Å²) in [5.41, 5.74) is 1.77. The lowest BCUT2D eigenvalue weighted by molar-refractivity contribution is 0.288. The first-order valence-electron chi connectivity index (χ1n) is 6.82. The molecule has 0 heterocycles. The van der Waals surface area contributed by atoms with E-state index in [4.69, 9.17) is 19.9 Å². The number of hydrogen-bond acceptors (Lipinski definition) is 4. The molecule has 0 spiro atoms. The van der Waals surface area contributed by atoms with E-state index in [2.05, 4.69) is 12.1 Å². The predicted molar refractivity (Wildman–Crippen MR) is 84.7 cm³/mol. The molecule has 0 unspecified atom stereocenters. The van der Waals surface area contributed by atoms with Crippen molar-refractivity contribution in [2.45, 2.75) is 12.8 Å². The molecule has 21 heavy (non-hydrogen) atoms. The van der Waals surface area contributed by atoms with Gasteiger partial charge in [-0.05, 0) is 36.0 Å². The quantitative estimate of drug-likeness (QED) is 0.718. The molecule has 2 rings (SSSR count). The van der Waals surface area contributed by atoms with Crippen LogP contribution in [0.1, 0.15) is 12.0 Å². The van der Waals surface area contributed by atoms with Crippen LogP contribution in [0.5, 0.6) is 5.75 Å². The molecule has 0 saturated heterocycles. The van der Waals surface area contributed by atoms with E-state index in [1.807, 2.05) is 18.2 Å². The average molecular weight is 288 g/mol. The highest BCUT2D eigenvalue weighted by molar-refractivity contribution is 6.58. The first-order chi connectivity index (χ1) is 10.2. The van der Waals surface area contributed by atoms with Gasteiger partial charge in [-0.1, -0.05) is 42.5 Å². The summed E-state index contributed by atoms with van der Waals surface area (Å²) in [4.78, 5) is 0. The van der Waals surface area contributed by atoms with Crippen LogP contribution in [0.15, 0.2) is 54.6 Å². The van der Waals surface area contributed by atoms with Crippen LogP contribution in [-0.2, 0) is 6.42 Å². The Kier molecular flexibility index (Phi) is 8.20. The summed E-state index contributed by atoms with van der Waals surface area (Å²) in [6.07, 6.45) is 1.85. The van der Waals surface area contributed by atoms with Gasteiger partial charge in [0.05, 0.1) is 7.11 Å². The molecule has 3 N–H and O–H groups in total. The van der Waals surface area contributed by atoms with Gasteiger partial charge in [0.1, 0.15) is 5.75 Å². The molecule has 0 bridgehead atoms. The van der Waals surface area contributed by atoms with E-state index in [1.54, 1.807) is 31.4 Å². The monoisotopic (exact) mass is 288 g/mol. The Hall–Kier alpha value is -1.82. The molecule has 0 radical (unpaired) electrons. The molecule has 2 aromatic carbocycles. The summed E-state index contributed by atoms with van der Waals surface area (Å²) in [5, 5.41) is 25.9. The van der Waals surface area contributed by atoms with Crippen LogP contribution in [0.2, 0.25) is 0 Å². The normalized spacial score (nSPS) is 9.52. The Morgan fingerprint density at radius 1 is 0.952 bits per heavy atom.